The summed E-state index contributed by atoms with van der Waals surface area (Å²) in [5.41, 5.74) is 0.907. The summed E-state index contributed by atoms with van der Waals surface area (Å²) in [5.74, 6) is -0.584. The van der Waals surface area contributed by atoms with Gasteiger partial charge in [0.05, 0.1) is 10.6 Å². The molecule has 26 heavy (non-hydrogen) atoms. The number of rotatable bonds is 4. The first kappa shape index (κ1) is 18.1. The van der Waals surface area contributed by atoms with E-state index in [1.54, 1.807) is 30.3 Å². The number of fused-ring (bicyclic) bond motifs is 1. The Morgan fingerprint density at radius 2 is 1.46 bits per heavy atom. The molecule has 0 saturated carbocycles. The van der Waals surface area contributed by atoms with Gasteiger partial charge in [-0.15, -0.1) is 0 Å². The molecule has 4 N–H and O–H groups in total. The van der Waals surface area contributed by atoms with Gasteiger partial charge in [-0.05, 0) is 30.3 Å². The molecular weight excluding hydrogens is 382 g/mol. The van der Waals surface area contributed by atoms with Gasteiger partial charge in [0.2, 0.25) is 0 Å². The van der Waals surface area contributed by atoms with Crippen LogP contribution >= 0.6 is 0 Å². The van der Waals surface area contributed by atoms with E-state index >= 15 is 0 Å². The highest BCUT2D eigenvalue weighted by Crippen LogP contribution is 2.39. The zero-order valence-corrected chi connectivity index (χ0v) is 14.6. The number of aromatic hydroxyl groups is 1. The quantitative estimate of drug-likeness (QED) is 0.494. The molecule has 0 aromatic heterocycles. The molecule has 136 valence electrons. The van der Waals surface area contributed by atoms with Crippen LogP contribution in [0.15, 0.2) is 64.4 Å². The van der Waals surface area contributed by atoms with Gasteiger partial charge in [0.25, 0.3) is 20.2 Å². The second-order valence-electron chi connectivity index (χ2n) is 5.42. The number of phenolic OH excluding ortho intramolecular Hbond substituents is 1. The van der Waals surface area contributed by atoms with Gasteiger partial charge in [-0.3, -0.25) is 9.11 Å². The Morgan fingerprint density at radius 1 is 0.808 bits per heavy atom. The third-order valence-corrected chi connectivity index (χ3v) is 5.40. The molecule has 3 aromatic carbocycles. The zero-order valence-electron chi connectivity index (χ0n) is 13.0. The van der Waals surface area contributed by atoms with E-state index < -0.39 is 35.8 Å². The Bertz CT molecular complexity index is 1200. The van der Waals surface area contributed by atoms with Crippen molar-refractivity contribution in [3.05, 3.63) is 54.6 Å². The molecule has 0 bridgehead atoms. The first-order valence-corrected chi connectivity index (χ1v) is 10.0. The molecule has 0 unspecified atom stereocenters. The molecule has 0 saturated heterocycles. The highest BCUT2D eigenvalue weighted by atomic mass is 32.2. The van der Waals surface area contributed by atoms with Crippen molar-refractivity contribution in [3.63, 3.8) is 0 Å². The predicted molar refractivity (Wildman–Crippen MR) is 95.0 cm³/mol. The van der Waals surface area contributed by atoms with E-state index in [4.69, 9.17) is 0 Å². The summed E-state index contributed by atoms with van der Waals surface area (Å²) in [6.07, 6.45) is 0. The topological polar surface area (TPSA) is 141 Å². The van der Waals surface area contributed by atoms with E-state index in [2.05, 4.69) is 5.32 Å². The van der Waals surface area contributed by atoms with Crippen LogP contribution in [0.4, 0.5) is 11.4 Å². The summed E-state index contributed by atoms with van der Waals surface area (Å²) in [6, 6.07) is 12.8. The van der Waals surface area contributed by atoms with Crippen LogP contribution < -0.4 is 5.32 Å². The Balaban J connectivity index is 2.36. The number of phenols is 1. The van der Waals surface area contributed by atoms with Crippen molar-refractivity contribution in [3.8, 4) is 5.75 Å². The molecule has 0 fully saturated rings. The van der Waals surface area contributed by atoms with Crippen molar-refractivity contribution in [2.45, 2.75) is 9.79 Å². The Morgan fingerprint density at radius 3 is 2.04 bits per heavy atom. The maximum Gasteiger partial charge on any atom is 0.295 e. The van der Waals surface area contributed by atoms with E-state index in [0.29, 0.717) is 5.69 Å². The van der Waals surface area contributed by atoms with Crippen molar-refractivity contribution in [2.75, 3.05) is 5.32 Å². The summed E-state index contributed by atoms with van der Waals surface area (Å²) in [7, 11) is -9.42. The SMILES string of the molecule is O=S(=O)(O)c1cc(O)c2c(Nc3ccccc3)ccc(S(=O)(=O)O)c2c1. The predicted octanol–water partition coefficient (Wildman–Crippen LogP) is 2.78. The van der Waals surface area contributed by atoms with Crippen LogP contribution in [0.3, 0.4) is 0 Å². The van der Waals surface area contributed by atoms with E-state index in [-0.39, 0.29) is 16.5 Å². The molecule has 0 radical (unpaired) electrons. The van der Waals surface area contributed by atoms with Crippen molar-refractivity contribution < 1.29 is 31.0 Å². The monoisotopic (exact) mass is 395 g/mol. The van der Waals surface area contributed by atoms with Crippen LogP contribution in [-0.2, 0) is 20.2 Å². The summed E-state index contributed by atoms with van der Waals surface area (Å²) in [6.45, 7) is 0. The summed E-state index contributed by atoms with van der Waals surface area (Å²) >= 11 is 0. The molecule has 8 nitrogen and oxygen atoms in total. The van der Waals surface area contributed by atoms with Crippen molar-refractivity contribution in [2.24, 2.45) is 0 Å². The van der Waals surface area contributed by atoms with Gasteiger partial charge in [0.15, 0.2) is 0 Å². The van der Waals surface area contributed by atoms with Crippen molar-refractivity contribution >= 4 is 42.4 Å². The third-order valence-electron chi connectivity index (χ3n) is 3.66. The lowest BCUT2D eigenvalue weighted by molar-refractivity contribution is 0.470. The van der Waals surface area contributed by atoms with Gasteiger partial charge in [-0.1, -0.05) is 18.2 Å². The van der Waals surface area contributed by atoms with E-state index in [9.17, 15) is 31.0 Å². The first-order chi connectivity index (χ1) is 12.1. The maximum atomic E-state index is 11.6. The fraction of sp³-hybridized carbons (Fsp3) is 0. The number of para-hydroxylation sites is 1. The molecule has 10 heteroatoms. The number of anilines is 2. The summed E-state index contributed by atoms with van der Waals surface area (Å²) in [5, 5.41) is 13.0. The van der Waals surface area contributed by atoms with E-state index in [1.165, 1.54) is 6.07 Å². The molecule has 3 rings (SSSR count). The lowest BCUT2D eigenvalue weighted by Crippen LogP contribution is -2.03. The number of hydrogen-bond acceptors (Lipinski definition) is 6. The highest BCUT2D eigenvalue weighted by Gasteiger charge is 2.22. The number of nitrogens with one attached hydrogen (secondary N) is 1. The average Bonchev–Trinajstić information content (AvgIpc) is 2.53. The highest BCUT2D eigenvalue weighted by molar-refractivity contribution is 7.86. The molecule has 0 aliphatic heterocycles. The molecule has 0 aliphatic rings. The standard InChI is InChI=1S/C16H13NO7S2/c18-14-9-11(25(19,20)21)8-12-15(26(22,23)24)7-6-13(16(12)14)17-10-4-2-1-3-5-10/h1-9,17-18H,(H,19,20,21)(H,22,23,24). The minimum absolute atomic E-state index is 0.0311. The molecule has 0 atom stereocenters. The van der Waals surface area contributed by atoms with Crippen molar-refractivity contribution in [1.82, 2.24) is 0 Å². The molecule has 3 aromatic rings. The van der Waals surface area contributed by atoms with Crippen LogP contribution in [0.25, 0.3) is 10.8 Å². The summed E-state index contributed by atoms with van der Waals surface area (Å²) in [4.78, 5) is -1.31. The van der Waals surface area contributed by atoms with E-state index in [0.717, 1.165) is 18.2 Å². The van der Waals surface area contributed by atoms with Gasteiger partial charge in [-0.2, -0.15) is 16.8 Å². The Hall–Kier alpha value is -2.66. The van der Waals surface area contributed by atoms with Gasteiger partial charge >= 0.3 is 0 Å². The minimum atomic E-state index is -4.71. The molecule has 0 spiro atoms. The van der Waals surface area contributed by atoms with Crippen molar-refractivity contribution in [1.29, 1.82) is 0 Å². The fourth-order valence-electron chi connectivity index (χ4n) is 2.57. The fourth-order valence-corrected chi connectivity index (χ4v) is 3.77. The van der Waals surface area contributed by atoms with Crippen LogP contribution in [-0.4, -0.2) is 31.0 Å². The lowest BCUT2D eigenvalue weighted by Gasteiger charge is -2.14. The normalized spacial score (nSPS) is 12.2. The van der Waals surface area contributed by atoms with Gasteiger partial charge < -0.3 is 10.4 Å². The lowest BCUT2D eigenvalue weighted by atomic mass is 10.1. The van der Waals surface area contributed by atoms with Gasteiger partial charge in [0, 0.05) is 22.5 Å². The number of hydrogen-bond donors (Lipinski definition) is 4. The average molecular weight is 395 g/mol. The maximum absolute atomic E-state index is 11.6. The zero-order chi connectivity index (χ0) is 19.1. The largest absolute Gasteiger partial charge is 0.507 e. The molecular formula is C16H13NO7S2. The van der Waals surface area contributed by atoms with Gasteiger partial charge in [0.1, 0.15) is 10.6 Å². The smallest absolute Gasteiger partial charge is 0.295 e. The molecule has 0 aliphatic carbocycles. The van der Waals surface area contributed by atoms with Gasteiger partial charge in [-0.25, -0.2) is 0 Å². The third kappa shape index (κ3) is 3.48. The second kappa shape index (κ2) is 6.25. The molecule has 0 heterocycles. The Labute approximate surface area is 149 Å². The molecule has 0 amide bonds. The summed E-state index contributed by atoms with van der Waals surface area (Å²) < 4.78 is 64.6. The number of benzene rings is 3. The Kier molecular flexibility index (Phi) is 4.36. The van der Waals surface area contributed by atoms with Crippen LogP contribution in [0.5, 0.6) is 5.75 Å². The van der Waals surface area contributed by atoms with E-state index in [1.807, 2.05) is 0 Å². The van der Waals surface area contributed by atoms with Crippen LogP contribution in [0.2, 0.25) is 0 Å². The minimum Gasteiger partial charge on any atom is -0.507 e. The first-order valence-electron chi connectivity index (χ1n) is 7.14. The van der Waals surface area contributed by atoms with Crippen LogP contribution in [0.1, 0.15) is 0 Å². The van der Waals surface area contributed by atoms with Crippen LogP contribution in [0, 0.1) is 0 Å². The second-order valence-corrected chi connectivity index (χ2v) is 8.23.